The van der Waals surface area contributed by atoms with Crippen molar-refractivity contribution in [3.05, 3.63) is 0 Å². The summed E-state index contributed by atoms with van der Waals surface area (Å²) in [5, 5.41) is 8.27. The molecule has 0 aromatic carbocycles. The summed E-state index contributed by atoms with van der Waals surface area (Å²) in [5.41, 5.74) is 4.12. The first-order valence-corrected chi connectivity index (χ1v) is 13.5. The predicted molar refractivity (Wildman–Crippen MR) is 143 cm³/mol. The lowest BCUT2D eigenvalue weighted by Crippen LogP contribution is -2.61. The smallest absolute Gasteiger partial charge is 0.315 e. The summed E-state index contributed by atoms with van der Waals surface area (Å²) in [6, 6.07) is -3.09. The molecule has 212 valence electrons. The van der Waals surface area contributed by atoms with E-state index in [2.05, 4.69) is 29.8 Å². The lowest BCUT2D eigenvalue weighted by molar-refractivity contribution is -0.143. The van der Waals surface area contributed by atoms with Gasteiger partial charge in [-0.1, -0.05) is 60.3 Å². The molecular weight excluding hydrogens is 474 g/mol. The molecule has 5 N–H and O–H groups in total. The lowest BCUT2D eigenvalue weighted by atomic mass is 9.80. The molecule has 0 aromatic rings. The number of nitrogens with zero attached hydrogens (tertiary/aromatic N) is 1. The number of likely N-dealkylation sites (tertiary alicyclic amines) is 1. The van der Waals surface area contributed by atoms with Gasteiger partial charge in [-0.2, -0.15) is 0 Å². The molecule has 5 amide bonds. The number of hydrogen-bond donors (Lipinski definition) is 4. The van der Waals surface area contributed by atoms with Crippen molar-refractivity contribution in [2.24, 2.45) is 17.1 Å². The molecular formula is C27H49N5O5. The van der Waals surface area contributed by atoms with Crippen LogP contribution >= 0.6 is 0 Å². The van der Waals surface area contributed by atoms with Gasteiger partial charge in [0.15, 0.2) is 0 Å². The van der Waals surface area contributed by atoms with Crippen molar-refractivity contribution in [2.45, 2.75) is 124 Å². The van der Waals surface area contributed by atoms with Crippen LogP contribution in [0.1, 0.15) is 100 Å². The molecule has 2 fully saturated rings. The van der Waals surface area contributed by atoms with Crippen LogP contribution in [0.3, 0.4) is 0 Å². The highest BCUT2D eigenvalue weighted by Gasteiger charge is 2.43. The first-order chi connectivity index (χ1) is 17.0. The molecule has 0 spiro atoms. The van der Waals surface area contributed by atoms with E-state index in [1.807, 2.05) is 41.5 Å². The number of ketones is 1. The highest BCUT2D eigenvalue weighted by Crippen LogP contribution is 2.31. The van der Waals surface area contributed by atoms with E-state index in [9.17, 15) is 24.0 Å². The van der Waals surface area contributed by atoms with E-state index in [4.69, 9.17) is 5.73 Å². The fourth-order valence-electron chi connectivity index (χ4n) is 4.36. The first kappa shape index (κ1) is 32.4. The minimum Gasteiger partial charge on any atom is -0.363 e. The summed E-state index contributed by atoms with van der Waals surface area (Å²) in [6.45, 7) is 15.7. The van der Waals surface area contributed by atoms with Gasteiger partial charge >= 0.3 is 6.03 Å². The van der Waals surface area contributed by atoms with Crippen molar-refractivity contribution in [3.63, 3.8) is 0 Å². The maximum Gasteiger partial charge on any atom is 0.315 e. The van der Waals surface area contributed by atoms with Crippen molar-refractivity contribution in [1.82, 2.24) is 20.9 Å². The zero-order valence-electron chi connectivity index (χ0n) is 24.0. The van der Waals surface area contributed by atoms with E-state index < -0.39 is 52.7 Å². The highest BCUT2D eigenvalue weighted by molar-refractivity contribution is 6.37. The normalized spacial score (nSPS) is 19.5. The number of carbonyl (C=O) groups is 5. The minimum absolute atomic E-state index is 0.269. The zero-order valence-corrected chi connectivity index (χ0v) is 24.0. The van der Waals surface area contributed by atoms with E-state index in [0.717, 1.165) is 19.3 Å². The minimum atomic E-state index is -1.08. The lowest BCUT2D eigenvalue weighted by Gasteiger charge is -2.36. The Labute approximate surface area is 222 Å². The summed E-state index contributed by atoms with van der Waals surface area (Å²) in [5.74, 6) is -2.46. The van der Waals surface area contributed by atoms with Crippen LogP contribution in [0.2, 0.25) is 0 Å². The molecule has 3 atom stereocenters. The topological polar surface area (TPSA) is 151 Å². The Morgan fingerprint density at radius 3 is 1.92 bits per heavy atom. The first-order valence-electron chi connectivity index (χ1n) is 13.5. The average molecular weight is 524 g/mol. The molecule has 1 aliphatic heterocycles. The van der Waals surface area contributed by atoms with Gasteiger partial charge in [0, 0.05) is 12.1 Å². The van der Waals surface area contributed by atoms with Gasteiger partial charge < -0.3 is 26.6 Å². The number of rotatable bonds is 8. The van der Waals surface area contributed by atoms with Crippen LogP contribution in [0.4, 0.5) is 4.79 Å². The average Bonchev–Trinajstić information content (AvgIpc) is 3.21. The van der Waals surface area contributed by atoms with Crippen molar-refractivity contribution in [2.75, 3.05) is 6.54 Å². The van der Waals surface area contributed by atoms with E-state index in [0.29, 0.717) is 25.8 Å². The zero-order chi connectivity index (χ0) is 28.6. The Kier molecular flexibility index (Phi) is 12.0. The molecule has 2 unspecified atom stereocenters. The quantitative estimate of drug-likeness (QED) is 0.361. The number of Topliss-reactive ketones (excluding diaryl/α,β-unsaturated/α-hetero) is 1. The van der Waals surface area contributed by atoms with Crippen LogP contribution in [-0.4, -0.2) is 64.6 Å². The Morgan fingerprint density at radius 2 is 1.49 bits per heavy atom. The fraction of sp³-hybridized carbons (Fsp3) is 0.815. The van der Waals surface area contributed by atoms with Crippen molar-refractivity contribution >= 4 is 29.5 Å². The van der Waals surface area contributed by atoms with Gasteiger partial charge in [0.25, 0.3) is 5.91 Å². The van der Waals surface area contributed by atoms with Gasteiger partial charge in [0.05, 0.1) is 6.04 Å². The molecule has 0 bridgehead atoms. The van der Waals surface area contributed by atoms with Crippen LogP contribution in [0.15, 0.2) is 0 Å². The number of carbonyl (C=O) groups excluding carboxylic acids is 5. The van der Waals surface area contributed by atoms with Crippen molar-refractivity contribution < 1.29 is 24.0 Å². The molecule has 10 nitrogen and oxygen atoms in total. The van der Waals surface area contributed by atoms with Gasteiger partial charge in [-0.3, -0.25) is 19.2 Å². The second-order valence-corrected chi connectivity index (χ2v) is 12.4. The number of urea groups is 1. The molecule has 1 saturated heterocycles. The summed E-state index contributed by atoms with van der Waals surface area (Å²) in [4.78, 5) is 64.5. The van der Waals surface area contributed by atoms with E-state index >= 15 is 0 Å². The Balaban J connectivity index is 0.00000217. The Morgan fingerprint density at radius 1 is 0.919 bits per heavy atom. The van der Waals surface area contributed by atoms with Crippen molar-refractivity contribution in [3.8, 4) is 0 Å². The molecule has 0 aromatic heterocycles. The van der Waals surface area contributed by atoms with Crippen LogP contribution < -0.4 is 21.7 Å². The number of primary amides is 1. The number of hydrogen-bond acceptors (Lipinski definition) is 5. The molecule has 2 rings (SSSR count). The third kappa shape index (κ3) is 10.3. The molecule has 2 aliphatic rings. The molecule has 1 saturated carbocycles. The van der Waals surface area contributed by atoms with E-state index in [1.165, 1.54) is 11.3 Å². The van der Waals surface area contributed by atoms with Crippen molar-refractivity contribution in [1.29, 1.82) is 0 Å². The van der Waals surface area contributed by atoms with Gasteiger partial charge in [-0.15, -0.1) is 0 Å². The summed E-state index contributed by atoms with van der Waals surface area (Å²) < 4.78 is 0. The maximum atomic E-state index is 13.5. The standard InChI is InChI=1S/C24H41N5O5.C3H8/c1-23(2,3)18(27-22(34)28-24(4,5)6)21(33)29-12-8-11-16(29)20(32)26-15(17(30)19(25)31)13-14-9-7-10-14;1-3-2/h14-16,18H,7-13H2,1-6H3,(H2,25,31)(H,26,32)(H2,27,28,34);3H2,1-2H3/t15?,16?,18-;/m1./s1. The fourth-order valence-corrected chi connectivity index (χ4v) is 4.36. The van der Waals surface area contributed by atoms with Crippen LogP contribution in [0.25, 0.3) is 0 Å². The van der Waals surface area contributed by atoms with Gasteiger partial charge in [-0.05, 0) is 51.4 Å². The Bertz CT molecular complexity index is 826. The van der Waals surface area contributed by atoms with Gasteiger partial charge in [0.2, 0.25) is 17.6 Å². The highest BCUT2D eigenvalue weighted by atomic mass is 16.2. The molecule has 1 aliphatic carbocycles. The monoisotopic (exact) mass is 523 g/mol. The maximum absolute atomic E-state index is 13.5. The molecule has 0 radical (unpaired) electrons. The number of amides is 5. The van der Waals surface area contributed by atoms with E-state index in [-0.39, 0.29) is 11.8 Å². The SMILES string of the molecule is CC(C)(C)NC(=O)N[C@H](C(=O)N1CCCC1C(=O)NC(CC1CCC1)C(=O)C(N)=O)C(C)(C)C.CCC. The third-order valence-electron chi connectivity index (χ3n) is 6.39. The van der Waals surface area contributed by atoms with E-state index in [1.54, 1.807) is 0 Å². The molecule has 10 heteroatoms. The van der Waals surface area contributed by atoms with Gasteiger partial charge in [0.1, 0.15) is 12.1 Å². The van der Waals surface area contributed by atoms with Crippen LogP contribution in [0.5, 0.6) is 0 Å². The summed E-state index contributed by atoms with van der Waals surface area (Å²) >= 11 is 0. The second-order valence-electron chi connectivity index (χ2n) is 12.4. The third-order valence-corrected chi connectivity index (χ3v) is 6.39. The number of nitrogens with two attached hydrogens (primary N) is 1. The summed E-state index contributed by atoms with van der Waals surface area (Å²) in [7, 11) is 0. The van der Waals surface area contributed by atoms with Gasteiger partial charge in [-0.25, -0.2) is 4.79 Å². The predicted octanol–water partition coefficient (Wildman–Crippen LogP) is 2.64. The number of nitrogens with one attached hydrogen (secondary N) is 3. The Hall–Kier alpha value is -2.65. The second kappa shape index (κ2) is 13.8. The summed E-state index contributed by atoms with van der Waals surface area (Å²) in [6.07, 6.45) is 5.62. The molecule has 1 heterocycles. The van der Waals surface area contributed by atoms with Crippen LogP contribution in [-0.2, 0) is 19.2 Å². The molecule has 37 heavy (non-hydrogen) atoms. The van der Waals surface area contributed by atoms with Crippen LogP contribution in [0, 0.1) is 11.3 Å². The largest absolute Gasteiger partial charge is 0.363 e.